The molecule has 0 saturated heterocycles. The first-order valence-corrected chi connectivity index (χ1v) is 17.2. The minimum Gasteiger partial charge on any atom is -0.493 e. The lowest BCUT2D eigenvalue weighted by molar-refractivity contribution is -0.138. The molecule has 5 nitrogen and oxygen atoms in total. The van der Waals surface area contributed by atoms with E-state index < -0.39 is 11.9 Å². The van der Waals surface area contributed by atoms with Gasteiger partial charge in [-0.05, 0) is 62.1 Å². The maximum atomic E-state index is 10.7. The predicted octanol–water partition coefficient (Wildman–Crippen LogP) is 10.7. The zero-order valence-electron chi connectivity index (χ0n) is 26.4. The van der Waals surface area contributed by atoms with Gasteiger partial charge in [-0.2, -0.15) is 0 Å². The van der Waals surface area contributed by atoms with Crippen LogP contribution in [0.4, 0.5) is 0 Å². The van der Waals surface area contributed by atoms with Gasteiger partial charge in [-0.1, -0.05) is 128 Å². The summed E-state index contributed by atoms with van der Waals surface area (Å²) in [6, 6.07) is 6.64. The Morgan fingerprint density at radius 3 is 1.51 bits per heavy atom. The molecule has 0 aliphatic rings. The fourth-order valence-corrected chi connectivity index (χ4v) is 5.62. The lowest BCUT2D eigenvalue weighted by Gasteiger charge is -2.16. The van der Waals surface area contributed by atoms with Gasteiger partial charge >= 0.3 is 11.9 Å². The monoisotopic (exact) mass is 574 g/mol. The van der Waals surface area contributed by atoms with Gasteiger partial charge in [-0.15, -0.1) is 0 Å². The van der Waals surface area contributed by atoms with Crippen LogP contribution in [0.15, 0.2) is 18.2 Å². The molecule has 0 atom stereocenters. The molecule has 0 spiro atoms. The van der Waals surface area contributed by atoms with Crippen molar-refractivity contribution in [2.45, 2.75) is 174 Å². The standard InChI is InChI=1S/C36H62O5/c1-2-3-4-5-6-13-18-23-31-41-34-28-24-26-32(25-19-14-9-7-11-16-21-29-35(37)38)33(34)27-20-15-10-8-12-17-22-30-36(39)40/h24,26,28H,2-23,25,27,29-31H2,1H3,(H,37,38)(H,39,40). The number of rotatable bonds is 30. The van der Waals surface area contributed by atoms with Crippen LogP contribution in [-0.2, 0) is 22.4 Å². The minimum atomic E-state index is -0.683. The number of carbonyl (C=O) groups is 2. The van der Waals surface area contributed by atoms with E-state index in [9.17, 15) is 9.59 Å². The first-order valence-electron chi connectivity index (χ1n) is 17.2. The quantitative estimate of drug-likeness (QED) is 0.0893. The Labute approximate surface area is 251 Å². The highest BCUT2D eigenvalue weighted by Gasteiger charge is 2.10. The van der Waals surface area contributed by atoms with Crippen LogP contribution >= 0.6 is 0 Å². The van der Waals surface area contributed by atoms with Gasteiger partial charge in [-0.3, -0.25) is 9.59 Å². The van der Waals surface area contributed by atoms with Crippen molar-refractivity contribution in [3.63, 3.8) is 0 Å². The van der Waals surface area contributed by atoms with Crippen LogP contribution in [-0.4, -0.2) is 28.8 Å². The lowest BCUT2D eigenvalue weighted by Crippen LogP contribution is -2.04. The molecule has 0 fully saturated rings. The Balaban J connectivity index is 2.45. The summed E-state index contributed by atoms with van der Waals surface area (Å²) in [7, 11) is 0. The van der Waals surface area contributed by atoms with Crippen LogP contribution in [0.3, 0.4) is 0 Å². The molecule has 0 saturated carbocycles. The number of benzene rings is 1. The van der Waals surface area contributed by atoms with Crippen LogP contribution in [0.5, 0.6) is 5.75 Å². The van der Waals surface area contributed by atoms with E-state index in [4.69, 9.17) is 14.9 Å². The highest BCUT2D eigenvalue weighted by molar-refractivity contribution is 5.66. The van der Waals surface area contributed by atoms with Crippen LogP contribution in [0, 0.1) is 0 Å². The smallest absolute Gasteiger partial charge is 0.303 e. The number of hydrogen-bond acceptors (Lipinski definition) is 3. The Kier molecular flexibility index (Phi) is 24.2. The maximum absolute atomic E-state index is 10.7. The number of aliphatic carboxylic acids is 2. The van der Waals surface area contributed by atoms with Crippen molar-refractivity contribution >= 4 is 11.9 Å². The maximum Gasteiger partial charge on any atom is 0.303 e. The van der Waals surface area contributed by atoms with Gasteiger partial charge < -0.3 is 14.9 Å². The van der Waals surface area contributed by atoms with E-state index in [1.807, 2.05) is 0 Å². The number of ether oxygens (including phenoxy) is 1. The molecule has 0 amide bonds. The second-order valence-electron chi connectivity index (χ2n) is 12.0. The number of carboxylic acid groups (broad SMARTS) is 2. The first-order chi connectivity index (χ1) is 20.0. The Bertz CT molecular complexity index is 775. The third-order valence-corrected chi connectivity index (χ3v) is 8.14. The molecule has 1 aromatic carbocycles. The molecular weight excluding hydrogens is 512 g/mol. The molecule has 1 aromatic rings. The van der Waals surface area contributed by atoms with Gasteiger partial charge in [0, 0.05) is 12.8 Å². The van der Waals surface area contributed by atoms with Crippen LogP contribution in [0.1, 0.15) is 172 Å². The van der Waals surface area contributed by atoms with Gasteiger partial charge in [0.1, 0.15) is 5.75 Å². The van der Waals surface area contributed by atoms with Crippen molar-refractivity contribution < 1.29 is 24.5 Å². The number of aryl methyl sites for hydroxylation is 1. The van der Waals surface area contributed by atoms with Gasteiger partial charge in [-0.25, -0.2) is 0 Å². The summed E-state index contributed by atoms with van der Waals surface area (Å²) in [6.07, 6.45) is 28.8. The van der Waals surface area contributed by atoms with Gasteiger partial charge in [0.15, 0.2) is 0 Å². The van der Waals surface area contributed by atoms with Crippen molar-refractivity contribution in [3.8, 4) is 5.75 Å². The van der Waals surface area contributed by atoms with Crippen molar-refractivity contribution in [3.05, 3.63) is 29.3 Å². The average molecular weight is 575 g/mol. The Morgan fingerprint density at radius 2 is 1.00 bits per heavy atom. The molecule has 0 aliphatic heterocycles. The van der Waals surface area contributed by atoms with E-state index >= 15 is 0 Å². The van der Waals surface area contributed by atoms with Crippen LogP contribution in [0.2, 0.25) is 0 Å². The topological polar surface area (TPSA) is 83.8 Å². The third kappa shape index (κ3) is 22.3. The molecule has 0 aromatic heterocycles. The highest BCUT2D eigenvalue weighted by Crippen LogP contribution is 2.27. The van der Waals surface area contributed by atoms with Gasteiger partial charge in [0.05, 0.1) is 6.61 Å². The van der Waals surface area contributed by atoms with E-state index in [1.165, 1.54) is 107 Å². The lowest BCUT2D eigenvalue weighted by atomic mass is 9.95. The fraction of sp³-hybridized carbons (Fsp3) is 0.778. The molecule has 0 aliphatic carbocycles. The fourth-order valence-electron chi connectivity index (χ4n) is 5.62. The van der Waals surface area contributed by atoms with E-state index in [0.29, 0.717) is 12.8 Å². The normalized spacial score (nSPS) is 11.1. The predicted molar refractivity (Wildman–Crippen MR) is 171 cm³/mol. The van der Waals surface area contributed by atoms with Crippen molar-refractivity contribution in [1.29, 1.82) is 0 Å². The van der Waals surface area contributed by atoms with Crippen molar-refractivity contribution in [2.75, 3.05) is 6.61 Å². The molecule has 5 heteroatoms. The first kappa shape index (κ1) is 37.0. The molecular formula is C36H62O5. The molecule has 0 bridgehead atoms. The summed E-state index contributed by atoms with van der Waals surface area (Å²) in [6.45, 7) is 3.08. The highest BCUT2D eigenvalue weighted by atomic mass is 16.5. The molecule has 0 unspecified atom stereocenters. The molecule has 236 valence electrons. The Morgan fingerprint density at radius 1 is 0.561 bits per heavy atom. The molecule has 0 heterocycles. The molecule has 41 heavy (non-hydrogen) atoms. The summed E-state index contributed by atoms with van der Waals surface area (Å²) >= 11 is 0. The zero-order chi connectivity index (χ0) is 29.8. The second-order valence-corrected chi connectivity index (χ2v) is 12.0. The largest absolute Gasteiger partial charge is 0.493 e. The van der Waals surface area contributed by atoms with E-state index in [0.717, 1.165) is 70.1 Å². The Hall–Kier alpha value is -2.04. The van der Waals surface area contributed by atoms with Crippen molar-refractivity contribution in [1.82, 2.24) is 0 Å². The van der Waals surface area contributed by atoms with Gasteiger partial charge in [0.2, 0.25) is 0 Å². The average Bonchev–Trinajstić information content (AvgIpc) is 2.95. The minimum absolute atomic E-state index is 0.297. The van der Waals surface area contributed by atoms with Crippen LogP contribution < -0.4 is 4.74 Å². The van der Waals surface area contributed by atoms with E-state index in [2.05, 4.69) is 25.1 Å². The third-order valence-electron chi connectivity index (χ3n) is 8.14. The molecule has 1 rings (SSSR count). The number of carboxylic acids is 2. The van der Waals surface area contributed by atoms with Gasteiger partial charge in [0.25, 0.3) is 0 Å². The molecule has 0 radical (unpaired) electrons. The summed E-state index contributed by atoms with van der Waals surface area (Å²) < 4.78 is 6.37. The summed E-state index contributed by atoms with van der Waals surface area (Å²) in [5.74, 6) is -0.271. The summed E-state index contributed by atoms with van der Waals surface area (Å²) in [4.78, 5) is 21.3. The number of unbranched alkanes of at least 4 members (excludes halogenated alkanes) is 19. The zero-order valence-corrected chi connectivity index (χ0v) is 26.4. The van der Waals surface area contributed by atoms with E-state index in [-0.39, 0.29) is 0 Å². The second kappa shape index (κ2) is 26.8. The summed E-state index contributed by atoms with van der Waals surface area (Å²) in [5, 5.41) is 17.5. The van der Waals surface area contributed by atoms with Crippen molar-refractivity contribution in [2.24, 2.45) is 0 Å². The molecule has 2 N–H and O–H groups in total. The van der Waals surface area contributed by atoms with E-state index in [1.54, 1.807) is 0 Å². The summed E-state index contributed by atoms with van der Waals surface area (Å²) in [5.41, 5.74) is 2.87. The van der Waals surface area contributed by atoms with Crippen LogP contribution in [0.25, 0.3) is 0 Å². The SMILES string of the molecule is CCCCCCCCCCOc1cccc(CCCCCCCCCC(=O)O)c1CCCCCCCCCC(=O)O. The number of hydrogen-bond donors (Lipinski definition) is 2.